The molecule has 6 nitrogen and oxygen atoms in total. The molecule has 0 saturated carbocycles. The fraction of sp³-hybridized carbons (Fsp3) is 0.429. The Bertz CT molecular complexity index is 569. The molecule has 0 radical (unpaired) electrons. The van der Waals surface area contributed by atoms with Crippen LogP contribution in [0.5, 0.6) is 5.88 Å². The maximum Gasteiger partial charge on any atom is 0.212 e. The molecular formula is C14H20BrN5O. The maximum atomic E-state index is 5.74. The normalized spacial score (nSPS) is 12.4. The fourth-order valence-corrected chi connectivity index (χ4v) is 2.80. The molecule has 0 bridgehead atoms. The molecule has 2 aromatic heterocycles. The van der Waals surface area contributed by atoms with Gasteiger partial charge in [0, 0.05) is 18.8 Å². The van der Waals surface area contributed by atoms with Crippen molar-refractivity contribution in [1.29, 1.82) is 0 Å². The van der Waals surface area contributed by atoms with Gasteiger partial charge in [-0.05, 0) is 34.3 Å². The third kappa shape index (κ3) is 3.81. The number of nitrogens with two attached hydrogens (primary N) is 1. The molecule has 114 valence electrons. The van der Waals surface area contributed by atoms with Gasteiger partial charge in [-0.3, -0.25) is 16.0 Å². The molecule has 1 unspecified atom stereocenters. The highest BCUT2D eigenvalue weighted by Gasteiger charge is 2.19. The van der Waals surface area contributed by atoms with Crippen LogP contribution >= 0.6 is 15.9 Å². The number of methoxy groups -OCH3 is 1. The molecule has 3 N–H and O–H groups in total. The van der Waals surface area contributed by atoms with Gasteiger partial charge in [-0.2, -0.15) is 5.10 Å². The zero-order chi connectivity index (χ0) is 15.2. The van der Waals surface area contributed by atoms with E-state index in [1.165, 1.54) is 0 Å². The second-order valence-electron chi connectivity index (χ2n) is 4.73. The lowest BCUT2D eigenvalue weighted by Crippen LogP contribution is -2.31. The lowest BCUT2D eigenvalue weighted by molar-refractivity contribution is 0.397. The number of ether oxygens (including phenoxy) is 1. The predicted octanol–water partition coefficient (Wildman–Crippen LogP) is 2.21. The van der Waals surface area contributed by atoms with Crippen LogP contribution in [0.2, 0.25) is 0 Å². The van der Waals surface area contributed by atoms with E-state index in [4.69, 9.17) is 10.6 Å². The van der Waals surface area contributed by atoms with E-state index in [1.807, 2.05) is 23.0 Å². The maximum absolute atomic E-state index is 5.74. The molecule has 0 aliphatic carbocycles. The first-order valence-electron chi connectivity index (χ1n) is 6.85. The minimum Gasteiger partial charge on any atom is -0.481 e. The summed E-state index contributed by atoms with van der Waals surface area (Å²) in [5, 5.41) is 4.38. The highest BCUT2D eigenvalue weighted by atomic mass is 79.9. The summed E-state index contributed by atoms with van der Waals surface area (Å²) in [6.45, 7) is 2.98. The van der Waals surface area contributed by atoms with E-state index >= 15 is 0 Å². The molecule has 0 aliphatic heterocycles. The van der Waals surface area contributed by atoms with Crippen LogP contribution in [0.4, 0.5) is 0 Å². The van der Waals surface area contributed by atoms with Gasteiger partial charge in [-0.15, -0.1) is 0 Å². The Morgan fingerprint density at radius 3 is 2.81 bits per heavy atom. The number of hydrazine groups is 1. The number of nitrogens with zero attached hydrogens (tertiary/aromatic N) is 3. The van der Waals surface area contributed by atoms with Crippen LogP contribution in [0.25, 0.3) is 0 Å². The van der Waals surface area contributed by atoms with Gasteiger partial charge in [-0.1, -0.05) is 13.0 Å². The summed E-state index contributed by atoms with van der Waals surface area (Å²) in [6.07, 6.45) is 5.35. The first-order chi connectivity index (χ1) is 10.2. The molecule has 2 aromatic rings. The van der Waals surface area contributed by atoms with Crippen molar-refractivity contribution in [3.8, 4) is 5.88 Å². The average molecular weight is 354 g/mol. The first-order valence-corrected chi connectivity index (χ1v) is 7.65. The van der Waals surface area contributed by atoms with Crippen molar-refractivity contribution < 1.29 is 4.74 Å². The van der Waals surface area contributed by atoms with Crippen LogP contribution in [0.15, 0.2) is 29.0 Å². The van der Waals surface area contributed by atoms with E-state index in [0.717, 1.165) is 35.1 Å². The number of hydrogen-bond acceptors (Lipinski definition) is 5. The Kier molecular flexibility index (Phi) is 5.72. The average Bonchev–Trinajstić information content (AvgIpc) is 2.87. The van der Waals surface area contributed by atoms with Crippen LogP contribution in [-0.2, 0) is 13.0 Å². The van der Waals surface area contributed by atoms with Gasteiger partial charge in [0.05, 0.1) is 29.5 Å². The van der Waals surface area contributed by atoms with Gasteiger partial charge in [0.2, 0.25) is 5.88 Å². The zero-order valence-electron chi connectivity index (χ0n) is 12.2. The van der Waals surface area contributed by atoms with Gasteiger partial charge >= 0.3 is 0 Å². The summed E-state index contributed by atoms with van der Waals surface area (Å²) in [5.41, 5.74) is 5.00. The summed E-state index contributed by atoms with van der Waals surface area (Å²) in [5.74, 6) is 6.35. The van der Waals surface area contributed by atoms with E-state index in [0.29, 0.717) is 5.88 Å². The minimum atomic E-state index is -0.0383. The third-order valence-corrected chi connectivity index (χ3v) is 3.86. The molecule has 1 atom stereocenters. The lowest BCUT2D eigenvalue weighted by Gasteiger charge is -2.18. The topological polar surface area (TPSA) is 78.0 Å². The van der Waals surface area contributed by atoms with Crippen LogP contribution in [0.1, 0.15) is 30.6 Å². The molecular weight excluding hydrogens is 334 g/mol. The predicted molar refractivity (Wildman–Crippen MR) is 84.8 cm³/mol. The van der Waals surface area contributed by atoms with Crippen LogP contribution in [0, 0.1) is 0 Å². The quantitative estimate of drug-likeness (QED) is 0.589. The van der Waals surface area contributed by atoms with E-state index in [1.54, 1.807) is 13.3 Å². The summed E-state index contributed by atoms with van der Waals surface area (Å²) < 4.78 is 8.01. The number of hydrogen-bond donors (Lipinski definition) is 2. The third-order valence-electron chi connectivity index (χ3n) is 3.25. The van der Waals surface area contributed by atoms with Crippen molar-refractivity contribution in [1.82, 2.24) is 20.2 Å². The van der Waals surface area contributed by atoms with Crippen LogP contribution < -0.4 is 16.0 Å². The van der Waals surface area contributed by atoms with Gasteiger partial charge in [0.25, 0.3) is 0 Å². The standard InChI is InChI=1S/C14H20BrN5O/c1-3-6-20-14(11(15)9-18-20)12(19-16)7-10-4-5-13(21-2)17-8-10/h4-5,8-9,12,19H,3,6-7,16H2,1-2H3. The number of aromatic nitrogens is 3. The number of pyridine rings is 1. The zero-order valence-corrected chi connectivity index (χ0v) is 13.8. The van der Waals surface area contributed by atoms with Crippen molar-refractivity contribution >= 4 is 15.9 Å². The fourth-order valence-electron chi connectivity index (χ4n) is 2.23. The minimum absolute atomic E-state index is 0.0383. The Morgan fingerprint density at radius 2 is 2.24 bits per heavy atom. The smallest absolute Gasteiger partial charge is 0.212 e. The Morgan fingerprint density at radius 1 is 1.43 bits per heavy atom. The largest absolute Gasteiger partial charge is 0.481 e. The molecule has 0 amide bonds. The number of aryl methyl sites for hydroxylation is 1. The lowest BCUT2D eigenvalue weighted by atomic mass is 10.1. The Hall–Kier alpha value is -1.44. The highest BCUT2D eigenvalue weighted by molar-refractivity contribution is 9.10. The van der Waals surface area contributed by atoms with Gasteiger partial charge in [0.1, 0.15) is 0 Å². The molecule has 21 heavy (non-hydrogen) atoms. The summed E-state index contributed by atoms with van der Waals surface area (Å²) in [7, 11) is 1.60. The van der Waals surface area contributed by atoms with Gasteiger partial charge in [0.15, 0.2) is 0 Å². The molecule has 0 fully saturated rings. The summed E-state index contributed by atoms with van der Waals surface area (Å²) in [4.78, 5) is 4.22. The second kappa shape index (κ2) is 7.53. The SMILES string of the molecule is CCCn1ncc(Br)c1C(Cc1ccc(OC)nc1)NN. The Balaban J connectivity index is 2.21. The molecule has 0 aromatic carbocycles. The highest BCUT2D eigenvalue weighted by Crippen LogP contribution is 2.26. The molecule has 0 spiro atoms. The van der Waals surface area contributed by atoms with E-state index in [-0.39, 0.29) is 6.04 Å². The van der Waals surface area contributed by atoms with Crippen molar-refractivity contribution in [2.75, 3.05) is 7.11 Å². The van der Waals surface area contributed by atoms with Crippen molar-refractivity contribution in [2.45, 2.75) is 32.4 Å². The van der Waals surface area contributed by atoms with Crippen molar-refractivity contribution in [2.24, 2.45) is 5.84 Å². The summed E-state index contributed by atoms with van der Waals surface area (Å²) in [6, 6.07) is 3.80. The Labute approximate surface area is 132 Å². The summed E-state index contributed by atoms with van der Waals surface area (Å²) >= 11 is 3.55. The van der Waals surface area contributed by atoms with E-state index < -0.39 is 0 Å². The van der Waals surface area contributed by atoms with Crippen LogP contribution in [0.3, 0.4) is 0 Å². The monoisotopic (exact) mass is 353 g/mol. The number of nitrogens with one attached hydrogen (secondary N) is 1. The molecule has 0 saturated heterocycles. The van der Waals surface area contributed by atoms with Crippen molar-refractivity contribution in [3.05, 3.63) is 40.3 Å². The van der Waals surface area contributed by atoms with Crippen LogP contribution in [-0.4, -0.2) is 21.9 Å². The second-order valence-corrected chi connectivity index (χ2v) is 5.59. The first kappa shape index (κ1) is 15.9. The van der Waals surface area contributed by atoms with E-state index in [2.05, 4.69) is 38.4 Å². The molecule has 2 heterocycles. The number of rotatable bonds is 7. The van der Waals surface area contributed by atoms with Gasteiger partial charge in [-0.25, -0.2) is 4.98 Å². The van der Waals surface area contributed by atoms with Gasteiger partial charge < -0.3 is 4.74 Å². The van der Waals surface area contributed by atoms with Crippen molar-refractivity contribution in [3.63, 3.8) is 0 Å². The molecule has 7 heteroatoms. The molecule has 2 rings (SSSR count). The molecule has 0 aliphatic rings. The van der Waals surface area contributed by atoms with E-state index in [9.17, 15) is 0 Å². The number of halogens is 1.